The second kappa shape index (κ2) is 9.57. The molecule has 1 heterocycles. The zero-order valence-electron chi connectivity index (χ0n) is 15.3. The van der Waals surface area contributed by atoms with Crippen LogP contribution in [0, 0.1) is 6.92 Å². The topological polar surface area (TPSA) is 97.3 Å². The summed E-state index contributed by atoms with van der Waals surface area (Å²) in [4.78, 5) is 27.8. The molecule has 0 saturated heterocycles. The number of methoxy groups -OCH3 is 1. The van der Waals surface area contributed by atoms with Gasteiger partial charge in [-0.05, 0) is 38.0 Å². The molecule has 0 aliphatic rings. The normalized spacial score (nSPS) is 11.7. The zero-order valence-corrected chi connectivity index (χ0v) is 15.3. The van der Waals surface area contributed by atoms with Gasteiger partial charge in [-0.15, -0.1) is 0 Å². The molecule has 0 aliphatic carbocycles. The molecule has 0 fully saturated rings. The lowest BCUT2D eigenvalue weighted by Gasteiger charge is -2.15. The first-order valence-corrected chi connectivity index (χ1v) is 8.42. The first-order chi connectivity index (χ1) is 12.5. The molecule has 0 radical (unpaired) electrons. The van der Waals surface area contributed by atoms with Crippen LogP contribution in [0.25, 0.3) is 0 Å². The van der Waals surface area contributed by atoms with Crippen LogP contribution >= 0.6 is 0 Å². The molecule has 2 rings (SSSR count). The number of benzene rings is 1. The second-order valence-corrected chi connectivity index (χ2v) is 5.99. The summed E-state index contributed by atoms with van der Waals surface area (Å²) in [6, 6.07) is 5.30. The van der Waals surface area contributed by atoms with Gasteiger partial charge in [0.25, 0.3) is 0 Å². The molecule has 2 aromatic rings. The Morgan fingerprint density at radius 2 is 2.00 bits per heavy atom. The van der Waals surface area contributed by atoms with Gasteiger partial charge in [0, 0.05) is 43.5 Å². The second-order valence-electron chi connectivity index (χ2n) is 5.99. The van der Waals surface area contributed by atoms with Gasteiger partial charge in [0.15, 0.2) is 0 Å². The van der Waals surface area contributed by atoms with Gasteiger partial charge in [-0.25, -0.2) is 9.78 Å². The molecule has 8 nitrogen and oxygen atoms in total. The quantitative estimate of drug-likeness (QED) is 0.675. The third-order valence-electron chi connectivity index (χ3n) is 4.01. The largest absolute Gasteiger partial charge is 0.375 e. The maximum atomic E-state index is 12.1. The highest BCUT2D eigenvalue weighted by molar-refractivity contribution is 5.95. The predicted octanol–water partition coefficient (Wildman–Crippen LogP) is 2.55. The standard InChI is InChI=1S/C18H25N5O3/c1-13(23-10-9-19-12-23)7-8-20-18(25)22-16-6-4-5-15(14(16)2)21-17(24)11-26-3/h4-6,9-10,12-13H,7-8,11H2,1-3H3,(H,21,24)(H2,20,22,25)/t13-/m1/s1. The molecule has 3 N–H and O–H groups in total. The van der Waals surface area contributed by atoms with Crippen LogP contribution in [0.15, 0.2) is 36.9 Å². The van der Waals surface area contributed by atoms with Crippen molar-refractivity contribution in [2.75, 3.05) is 30.9 Å². The molecule has 1 aromatic heterocycles. The summed E-state index contributed by atoms with van der Waals surface area (Å²) >= 11 is 0. The Labute approximate surface area is 152 Å². The van der Waals surface area contributed by atoms with Gasteiger partial charge < -0.3 is 25.3 Å². The van der Waals surface area contributed by atoms with E-state index in [0.29, 0.717) is 17.9 Å². The number of nitrogens with zero attached hydrogens (tertiary/aromatic N) is 2. The fraction of sp³-hybridized carbons (Fsp3) is 0.389. The Morgan fingerprint density at radius 3 is 2.65 bits per heavy atom. The summed E-state index contributed by atoms with van der Waals surface area (Å²) in [6.07, 6.45) is 6.18. The summed E-state index contributed by atoms with van der Waals surface area (Å²) in [7, 11) is 1.46. The van der Waals surface area contributed by atoms with E-state index in [9.17, 15) is 9.59 Å². The molecule has 8 heteroatoms. The van der Waals surface area contributed by atoms with Gasteiger partial charge in [-0.2, -0.15) is 0 Å². The molecule has 1 aromatic carbocycles. The predicted molar refractivity (Wildman–Crippen MR) is 100 cm³/mol. The number of imidazole rings is 1. The van der Waals surface area contributed by atoms with Gasteiger partial charge in [0.05, 0.1) is 6.33 Å². The lowest BCUT2D eigenvalue weighted by Crippen LogP contribution is -2.31. The van der Waals surface area contributed by atoms with Crippen molar-refractivity contribution in [1.82, 2.24) is 14.9 Å². The van der Waals surface area contributed by atoms with Crippen molar-refractivity contribution < 1.29 is 14.3 Å². The number of rotatable bonds is 8. The first-order valence-electron chi connectivity index (χ1n) is 8.42. The lowest BCUT2D eigenvalue weighted by atomic mass is 10.1. The zero-order chi connectivity index (χ0) is 18.9. The molecule has 0 saturated carbocycles. The Kier molecular flexibility index (Phi) is 7.16. The number of urea groups is 1. The van der Waals surface area contributed by atoms with Crippen molar-refractivity contribution in [3.63, 3.8) is 0 Å². The van der Waals surface area contributed by atoms with E-state index >= 15 is 0 Å². The highest BCUT2D eigenvalue weighted by atomic mass is 16.5. The number of amides is 3. The first kappa shape index (κ1) is 19.5. The molecule has 0 aliphatic heterocycles. The van der Waals surface area contributed by atoms with Crippen LogP contribution in [0.1, 0.15) is 24.9 Å². The van der Waals surface area contributed by atoms with Crippen LogP contribution in [-0.4, -0.2) is 41.8 Å². The monoisotopic (exact) mass is 359 g/mol. The molecular weight excluding hydrogens is 334 g/mol. The Hall–Kier alpha value is -2.87. The maximum absolute atomic E-state index is 12.1. The SMILES string of the molecule is COCC(=O)Nc1cccc(NC(=O)NCC[C@@H](C)n2ccnc2)c1C. The molecule has 0 bridgehead atoms. The minimum atomic E-state index is -0.286. The highest BCUT2D eigenvalue weighted by Crippen LogP contribution is 2.23. The maximum Gasteiger partial charge on any atom is 0.319 e. The van der Waals surface area contributed by atoms with Crippen LogP contribution in [0.4, 0.5) is 16.2 Å². The van der Waals surface area contributed by atoms with E-state index in [1.807, 2.05) is 17.7 Å². The molecular formula is C18H25N5O3. The smallest absolute Gasteiger partial charge is 0.319 e. The van der Waals surface area contributed by atoms with Crippen molar-refractivity contribution in [3.8, 4) is 0 Å². The number of carbonyl (C=O) groups is 2. The number of ether oxygens (including phenoxy) is 1. The van der Waals surface area contributed by atoms with Gasteiger partial charge in [0.1, 0.15) is 6.61 Å². The van der Waals surface area contributed by atoms with E-state index in [0.717, 1.165) is 12.0 Å². The highest BCUT2D eigenvalue weighted by Gasteiger charge is 2.10. The average Bonchev–Trinajstić information content (AvgIpc) is 3.13. The minimum absolute atomic E-state index is 0.0211. The van der Waals surface area contributed by atoms with Crippen molar-refractivity contribution in [2.45, 2.75) is 26.3 Å². The minimum Gasteiger partial charge on any atom is -0.375 e. The third kappa shape index (κ3) is 5.59. The number of aromatic nitrogens is 2. The number of carbonyl (C=O) groups excluding carboxylic acids is 2. The van der Waals surface area contributed by atoms with Crippen LogP contribution in [0.3, 0.4) is 0 Å². The van der Waals surface area contributed by atoms with Gasteiger partial charge in [-0.1, -0.05) is 6.07 Å². The van der Waals surface area contributed by atoms with Crippen molar-refractivity contribution >= 4 is 23.3 Å². The summed E-state index contributed by atoms with van der Waals surface area (Å²) in [5.41, 5.74) is 2.05. The number of anilines is 2. The van der Waals surface area contributed by atoms with Gasteiger partial charge in [0.2, 0.25) is 5.91 Å². The average molecular weight is 359 g/mol. The molecule has 3 amide bonds. The summed E-state index contributed by atoms with van der Waals surface area (Å²) in [5, 5.41) is 8.41. The van der Waals surface area contributed by atoms with Crippen molar-refractivity contribution in [3.05, 3.63) is 42.5 Å². The molecule has 0 spiro atoms. The molecule has 1 atom stereocenters. The van der Waals surface area contributed by atoms with Gasteiger partial charge >= 0.3 is 6.03 Å². The summed E-state index contributed by atoms with van der Waals surface area (Å²) in [6.45, 7) is 4.41. The fourth-order valence-electron chi connectivity index (χ4n) is 2.46. The molecule has 26 heavy (non-hydrogen) atoms. The van der Waals surface area contributed by atoms with E-state index in [-0.39, 0.29) is 24.6 Å². The Morgan fingerprint density at radius 1 is 1.27 bits per heavy atom. The van der Waals surface area contributed by atoms with Crippen LogP contribution < -0.4 is 16.0 Å². The number of hydrogen-bond donors (Lipinski definition) is 3. The Balaban J connectivity index is 1.85. The third-order valence-corrected chi connectivity index (χ3v) is 4.01. The Bertz CT molecular complexity index is 730. The van der Waals surface area contributed by atoms with Gasteiger partial charge in [-0.3, -0.25) is 4.79 Å². The number of hydrogen-bond acceptors (Lipinski definition) is 4. The molecule has 140 valence electrons. The summed E-state index contributed by atoms with van der Waals surface area (Å²) < 4.78 is 6.80. The van der Waals surface area contributed by atoms with Crippen LogP contribution in [-0.2, 0) is 9.53 Å². The van der Waals surface area contributed by atoms with Crippen molar-refractivity contribution in [1.29, 1.82) is 0 Å². The van der Waals surface area contributed by atoms with E-state index in [1.54, 1.807) is 30.7 Å². The van der Waals surface area contributed by atoms with E-state index < -0.39 is 0 Å². The molecule has 0 unspecified atom stereocenters. The number of nitrogens with one attached hydrogen (secondary N) is 3. The van der Waals surface area contributed by atoms with Crippen LogP contribution in [0.2, 0.25) is 0 Å². The fourth-order valence-corrected chi connectivity index (χ4v) is 2.46. The lowest BCUT2D eigenvalue weighted by molar-refractivity contribution is -0.119. The summed E-state index contributed by atoms with van der Waals surface area (Å²) in [5.74, 6) is -0.245. The van der Waals surface area contributed by atoms with Crippen molar-refractivity contribution in [2.24, 2.45) is 0 Å². The van der Waals surface area contributed by atoms with E-state index in [1.165, 1.54) is 7.11 Å². The van der Waals surface area contributed by atoms with E-state index in [4.69, 9.17) is 4.74 Å². The van der Waals surface area contributed by atoms with Crippen LogP contribution in [0.5, 0.6) is 0 Å². The van der Waals surface area contributed by atoms with E-state index in [2.05, 4.69) is 27.9 Å².